The largest absolute Gasteiger partial charge is 0.477 e. The second kappa shape index (κ2) is 3.20. The molecule has 1 aromatic heterocycles. The van der Waals surface area contributed by atoms with Gasteiger partial charge in [0.1, 0.15) is 5.56 Å². The van der Waals surface area contributed by atoms with Gasteiger partial charge in [-0.05, 0) is 43.7 Å². The summed E-state index contributed by atoms with van der Waals surface area (Å²) in [6, 6.07) is 1.84. The lowest BCUT2D eigenvalue weighted by Gasteiger charge is -2.12. The summed E-state index contributed by atoms with van der Waals surface area (Å²) in [6.45, 7) is 0. The van der Waals surface area contributed by atoms with E-state index in [1.54, 1.807) is 10.6 Å². The van der Waals surface area contributed by atoms with E-state index in [-0.39, 0.29) is 17.2 Å². The Morgan fingerprint density at radius 2 is 2.12 bits per heavy atom. The summed E-state index contributed by atoms with van der Waals surface area (Å²) in [5, 5.41) is 9.01. The van der Waals surface area contributed by atoms with Crippen LogP contribution in [-0.4, -0.2) is 15.6 Å². The van der Waals surface area contributed by atoms with Crippen LogP contribution >= 0.6 is 0 Å². The Hall–Kier alpha value is -1.58. The third kappa shape index (κ3) is 1.29. The lowest BCUT2D eigenvalue weighted by Crippen LogP contribution is -2.28. The molecule has 0 radical (unpaired) electrons. The van der Waals surface area contributed by atoms with Crippen LogP contribution in [0.3, 0.4) is 0 Å². The number of aromatic nitrogens is 1. The van der Waals surface area contributed by atoms with Crippen molar-refractivity contribution < 1.29 is 9.90 Å². The van der Waals surface area contributed by atoms with Crippen LogP contribution in [0.5, 0.6) is 0 Å². The summed E-state index contributed by atoms with van der Waals surface area (Å²) in [5.74, 6) is -1.10. The minimum absolute atomic E-state index is 0.0625. The van der Waals surface area contributed by atoms with Gasteiger partial charge in [-0.2, -0.15) is 0 Å². The molecule has 0 atom stereocenters. The fourth-order valence-corrected chi connectivity index (χ4v) is 2.54. The monoisotopic (exact) mass is 219 g/mol. The molecule has 0 unspecified atom stereocenters. The van der Waals surface area contributed by atoms with E-state index in [0.29, 0.717) is 0 Å². The van der Waals surface area contributed by atoms with Crippen molar-refractivity contribution in [3.8, 4) is 0 Å². The molecule has 84 valence electrons. The normalized spacial score (nSPS) is 18.5. The van der Waals surface area contributed by atoms with Crippen molar-refractivity contribution in [2.24, 2.45) is 0 Å². The molecule has 4 nitrogen and oxygen atoms in total. The quantitative estimate of drug-likeness (QED) is 0.817. The topological polar surface area (TPSA) is 59.3 Å². The molecule has 1 saturated carbocycles. The first-order valence-corrected chi connectivity index (χ1v) is 5.69. The third-order valence-electron chi connectivity index (χ3n) is 3.43. The van der Waals surface area contributed by atoms with Crippen molar-refractivity contribution >= 4 is 5.97 Å². The zero-order valence-corrected chi connectivity index (χ0v) is 8.90. The van der Waals surface area contributed by atoms with Gasteiger partial charge >= 0.3 is 5.97 Å². The van der Waals surface area contributed by atoms with Crippen LogP contribution < -0.4 is 5.56 Å². The molecule has 0 amide bonds. The van der Waals surface area contributed by atoms with Crippen LogP contribution in [0.15, 0.2) is 10.9 Å². The molecular weight excluding hydrogens is 206 g/mol. The second-order valence-corrected chi connectivity index (χ2v) is 4.59. The lowest BCUT2D eigenvalue weighted by atomic mass is 10.1. The minimum atomic E-state index is -1.10. The Morgan fingerprint density at radius 3 is 2.75 bits per heavy atom. The number of aromatic carboxylic acids is 1. The smallest absolute Gasteiger partial charge is 0.341 e. The number of aryl methyl sites for hydroxylation is 1. The summed E-state index contributed by atoms with van der Waals surface area (Å²) in [4.78, 5) is 23.0. The predicted molar refractivity (Wildman–Crippen MR) is 58.0 cm³/mol. The molecule has 0 aromatic carbocycles. The molecule has 0 spiro atoms. The average molecular weight is 219 g/mol. The van der Waals surface area contributed by atoms with E-state index in [2.05, 4.69) is 0 Å². The second-order valence-electron chi connectivity index (χ2n) is 4.59. The fourth-order valence-electron chi connectivity index (χ4n) is 2.54. The van der Waals surface area contributed by atoms with E-state index in [1.165, 1.54) is 0 Å². The van der Waals surface area contributed by atoms with Gasteiger partial charge < -0.3 is 9.67 Å². The van der Waals surface area contributed by atoms with Gasteiger partial charge in [0.2, 0.25) is 0 Å². The van der Waals surface area contributed by atoms with Crippen LogP contribution in [0.1, 0.15) is 46.9 Å². The van der Waals surface area contributed by atoms with E-state index < -0.39 is 5.97 Å². The van der Waals surface area contributed by atoms with Crippen molar-refractivity contribution in [2.45, 2.75) is 38.1 Å². The zero-order chi connectivity index (χ0) is 11.3. The zero-order valence-electron chi connectivity index (χ0n) is 8.90. The van der Waals surface area contributed by atoms with E-state index in [1.807, 2.05) is 0 Å². The summed E-state index contributed by atoms with van der Waals surface area (Å²) >= 11 is 0. The maximum absolute atomic E-state index is 12.0. The average Bonchev–Trinajstić information content (AvgIpc) is 2.94. The molecule has 2 aliphatic rings. The van der Waals surface area contributed by atoms with E-state index >= 15 is 0 Å². The Balaban J connectivity index is 2.28. The lowest BCUT2D eigenvalue weighted by molar-refractivity contribution is 0.0694. The highest BCUT2D eigenvalue weighted by Crippen LogP contribution is 2.37. The molecular formula is C12H13NO3. The number of rotatable bonds is 2. The SMILES string of the molecule is O=C(O)c1cc2c(n(C3CC3)c1=O)CCC2. The minimum Gasteiger partial charge on any atom is -0.477 e. The molecule has 0 aliphatic heterocycles. The predicted octanol–water partition coefficient (Wildman–Crippen LogP) is 1.37. The Kier molecular flexibility index (Phi) is 1.93. The molecule has 2 aliphatic carbocycles. The van der Waals surface area contributed by atoms with Gasteiger partial charge in [-0.3, -0.25) is 4.79 Å². The highest BCUT2D eigenvalue weighted by Gasteiger charge is 2.31. The van der Waals surface area contributed by atoms with Gasteiger partial charge in [-0.15, -0.1) is 0 Å². The van der Waals surface area contributed by atoms with Gasteiger partial charge in [-0.1, -0.05) is 0 Å². The first-order valence-electron chi connectivity index (χ1n) is 5.69. The van der Waals surface area contributed by atoms with E-state index in [4.69, 9.17) is 5.11 Å². The van der Waals surface area contributed by atoms with Crippen molar-refractivity contribution in [1.82, 2.24) is 4.57 Å². The molecule has 0 saturated heterocycles. The highest BCUT2D eigenvalue weighted by atomic mass is 16.4. The van der Waals surface area contributed by atoms with Gasteiger partial charge in [0, 0.05) is 11.7 Å². The Labute approximate surface area is 92.5 Å². The summed E-state index contributed by atoms with van der Waals surface area (Å²) in [7, 11) is 0. The van der Waals surface area contributed by atoms with Crippen molar-refractivity contribution in [3.05, 3.63) is 33.2 Å². The number of hydrogen-bond acceptors (Lipinski definition) is 2. The van der Waals surface area contributed by atoms with Gasteiger partial charge in [0.25, 0.3) is 5.56 Å². The summed E-state index contributed by atoms with van der Waals surface area (Å²) < 4.78 is 1.74. The third-order valence-corrected chi connectivity index (χ3v) is 3.43. The molecule has 1 aromatic rings. The number of nitrogens with zero attached hydrogens (tertiary/aromatic N) is 1. The first-order chi connectivity index (χ1) is 7.68. The molecule has 1 heterocycles. The Morgan fingerprint density at radius 1 is 1.38 bits per heavy atom. The summed E-state index contributed by atoms with van der Waals surface area (Å²) in [5.41, 5.74) is 1.77. The van der Waals surface area contributed by atoms with Gasteiger partial charge in [0.15, 0.2) is 0 Å². The number of pyridine rings is 1. The molecule has 16 heavy (non-hydrogen) atoms. The maximum Gasteiger partial charge on any atom is 0.341 e. The number of carboxylic acids is 1. The van der Waals surface area contributed by atoms with Gasteiger partial charge in [0.05, 0.1) is 0 Å². The van der Waals surface area contributed by atoms with Crippen LogP contribution in [0.4, 0.5) is 0 Å². The number of carboxylic acid groups (broad SMARTS) is 1. The van der Waals surface area contributed by atoms with Crippen LogP contribution in [0.25, 0.3) is 0 Å². The molecule has 3 rings (SSSR count). The number of fused-ring (bicyclic) bond motifs is 1. The molecule has 1 fully saturated rings. The number of hydrogen-bond donors (Lipinski definition) is 1. The van der Waals surface area contributed by atoms with Gasteiger partial charge in [-0.25, -0.2) is 4.79 Å². The van der Waals surface area contributed by atoms with Crippen molar-refractivity contribution in [2.75, 3.05) is 0 Å². The first kappa shape index (κ1) is 9.63. The molecule has 1 N–H and O–H groups in total. The van der Waals surface area contributed by atoms with Crippen molar-refractivity contribution in [3.63, 3.8) is 0 Å². The summed E-state index contributed by atoms with van der Waals surface area (Å²) in [6.07, 6.45) is 4.87. The van der Waals surface area contributed by atoms with E-state index in [0.717, 1.165) is 43.4 Å². The highest BCUT2D eigenvalue weighted by molar-refractivity contribution is 5.87. The van der Waals surface area contributed by atoms with Crippen LogP contribution in [0, 0.1) is 0 Å². The van der Waals surface area contributed by atoms with Crippen LogP contribution in [-0.2, 0) is 12.8 Å². The van der Waals surface area contributed by atoms with Crippen molar-refractivity contribution in [1.29, 1.82) is 0 Å². The number of carbonyl (C=O) groups is 1. The molecule has 4 heteroatoms. The standard InChI is InChI=1S/C12H13NO3/c14-11-9(12(15)16)6-7-2-1-3-10(7)13(11)8-4-5-8/h6,8H,1-5H2,(H,15,16). The fraction of sp³-hybridized carbons (Fsp3) is 0.500. The molecule has 0 bridgehead atoms. The van der Waals surface area contributed by atoms with Crippen LogP contribution in [0.2, 0.25) is 0 Å². The Bertz CT molecular complexity index is 526. The maximum atomic E-state index is 12.0. The van der Waals surface area contributed by atoms with E-state index in [9.17, 15) is 9.59 Å².